The Labute approximate surface area is 138 Å². The average Bonchev–Trinajstić information content (AvgIpc) is 3.33. The Morgan fingerprint density at radius 3 is 2.83 bits per heavy atom. The minimum absolute atomic E-state index is 0.0216. The highest BCUT2D eigenvalue weighted by Crippen LogP contribution is 2.43. The van der Waals surface area contributed by atoms with Crippen LogP contribution in [-0.4, -0.2) is 57.4 Å². The van der Waals surface area contributed by atoms with E-state index in [1.54, 1.807) is 4.90 Å². The van der Waals surface area contributed by atoms with Crippen molar-refractivity contribution >= 4 is 11.7 Å². The van der Waals surface area contributed by atoms with Crippen LogP contribution in [-0.2, 0) is 0 Å². The minimum Gasteiger partial charge on any atom is -0.391 e. The Morgan fingerprint density at radius 2 is 2.17 bits per heavy atom. The van der Waals surface area contributed by atoms with Gasteiger partial charge in [-0.25, -0.2) is 13.5 Å². The van der Waals surface area contributed by atoms with Gasteiger partial charge >= 0.3 is 0 Å². The molecule has 2 N–H and O–H groups in total. The number of nitrogens with one attached hydrogen (secondary N) is 1. The fourth-order valence-electron chi connectivity index (χ4n) is 3.84. The van der Waals surface area contributed by atoms with Crippen molar-refractivity contribution in [2.45, 2.75) is 56.7 Å². The number of carbonyl (C=O) groups excluding carboxylic acids is 1. The van der Waals surface area contributed by atoms with Crippen LogP contribution < -0.4 is 5.32 Å². The highest BCUT2D eigenvalue weighted by atomic mass is 19.3. The van der Waals surface area contributed by atoms with Gasteiger partial charge in [-0.2, -0.15) is 5.10 Å². The quantitative estimate of drug-likeness (QED) is 0.881. The molecule has 6 nitrogen and oxygen atoms in total. The van der Waals surface area contributed by atoms with Gasteiger partial charge in [-0.3, -0.25) is 4.79 Å². The normalized spacial score (nSPS) is 30.2. The molecule has 1 amide bonds. The monoisotopic (exact) mass is 340 g/mol. The van der Waals surface area contributed by atoms with Gasteiger partial charge in [0, 0.05) is 19.1 Å². The summed E-state index contributed by atoms with van der Waals surface area (Å²) in [5.74, 6) is 0.579. The maximum absolute atomic E-state index is 13.5. The number of carbonyl (C=O) groups is 1. The van der Waals surface area contributed by atoms with Crippen molar-refractivity contribution in [1.82, 2.24) is 14.7 Å². The molecule has 0 spiro atoms. The van der Waals surface area contributed by atoms with E-state index in [-0.39, 0.29) is 18.5 Å². The number of likely N-dealkylation sites (tertiary alicyclic amines) is 1. The maximum atomic E-state index is 13.5. The van der Waals surface area contributed by atoms with Crippen molar-refractivity contribution in [3.63, 3.8) is 0 Å². The molecule has 0 aromatic carbocycles. The lowest BCUT2D eigenvalue weighted by molar-refractivity contribution is 0.0472. The predicted octanol–water partition coefficient (Wildman–Crippen LogP) is 1.88. The van der Waals surface area contributed by atoms with Crippen LogP contribution in [0.5, 0.6) is 0 Å². The third-order valence-corrected chi connectivity index (χ3v) is 5.32. The van der Waals surface area contributed by atoms with E-state index in [1.165, 1.54) is 10.9 Å². The Morgan fingerprint density at radius 1 is 1.38 bits per heavy atom. The standard InChI is InChI=1S/C16H22F2N4O2/c17-14(18)13-6-12(9-3-4-9)20-15-11(7-19-22(13)15)16(24)21-5-1-2-10(23)8-21/h7,9-10,12-14,20,23H,1-6,8H2/t10-,12-,13+/m1/s1. The number of nitrogens with zero attached hydrogens (tertiary/aromatic N) is 3. The van der Waals surface area contributed by atoms with Crippen molar-refractivity contribution in [1.29, 1.82) is 0 Å². The Balaban J connectivity index is 1.62. The maximum Gasteiger partial charge on any atom is 0.260 e. The summed E-state index contributed by atoms with van der Waals surface area (Å²) in [6, 6.07) is -1.01. The number of anilines is 1. The Bertz CT molecular complexity index is 632. The fourth-order valence-corrected chi connectivity index (χ4v) is 3.84. The van der Waals surface area contributed by atoms with E-state index >= 15 is 0 Å². The van der Waals surface area contributed by atoms with Crippen molar-refractivity contribution in [3.8, 4) is 0 Å². The topological polar surface area (TPSA) is 70.4 Å². The second-order valence-electron chi connectivity index (χ2n) is 7.12. The second-order valence-corrected chi connectivity index (χ2v) is 7.12. The number of rotatable bonds is 3. The molecule has 1 saturated carbocycles. The van der Waals surface area contributed by atoms with E-state index in [9.17, 15) is 18.7 Å². The van der Waals surface area contributed by atoms with Crippen LogP contribution in [0.3, 0.4) is 0 Å². The van der Waals surface area contributed by atoms with Gasteiger partial charge < -0.3 is 15.3 Å². The zero-order valence-corrected chi connectivity index (χ0v) is 13.4. The van der Waals surface area contributed by atoms with Crippen LogP contribution in [0.15, 0.2) is 6.20 Å². The van der Waals surface area contributed by atoms with Gasteiger partial charge in [-0.1, -0.05) is 0 Å². The molecule has 3 aliphatic rings. The molecule has 24 heavy (non-hydrogen) atoms. The molecule has 0 radical (unpaired) electrons. The van der Waals surface area contributed by atoms with E-state index in [1.807, 2.05) is 0 Å². The third kappa shape index (κ3) is 2.76. The number of fused-ring (bicyclic) bond motifs is 1. The number of piperidine rings is 1. The molecule has 1 aromatic heterocycles. The number of alkyl halides is 2. The molecule has 132 valence electrons. The number of aliphatic hydroxyl groups is 1. The molecule has 1 saturated heterocycles. The van der Waals surface area contributed by atoms with Crippen molar-refractivity contribution in [2.24, 2.45) is 5.92 Å². The smallest absolute Gasteiger partial charge is 0.260 e. The van der Waals surface area contributed by atoms with Crippen LogP contribution in [0.4, 0.5) is 14.6 Å². The summed E-state index contributed by atoms with van der Waals surface area (Å²) >= 11 is 0. The lowest BCUT2D eigenvalue weighted by Gasteiger charge is -2.34. The largest absolute Gasteiger partial charge is 0.391 e. The van der Waals surface area contributed by atoms with Gasteiger partial charge in [-0.05, 0) is 38.0 Å². The number of amides is 1. The fraction of sp³-hybridized carbons (Fsp3) is 0.750. The van der Waals surface area contributed by atoms with Crippen LogP contribution in [0, 0.1) is 5.92 Å². The number of halogens is 2. The molecule has 3 atom stereocenters. The molecule has 1 aliphatic carbocycles. The van der Waals surface area contributed by atoms with E-state index in [2.05, 4.69) is 10.4 Å². The molecule has 8 heteroatoms. The number of hydrogen-bond acceptors (Lipinski definition) is 4. The number of β-amino-alcohol motifs (C(OH)–C–C–N with tert-alkyl or cyclic N) is 1. The highest BCUT2D eigenvalue weighted by molar-refractivity contribution is 5.99. The number of aliphatic hydroxyl groups excluding tert-OH is 1. The van der Waals surface area contributed by atoms with Gasteiger partial charge in [0.2, 0.25) is 0 Å². The van der Waals surface area contributed by atoms with Crippen LogP contribution >= 0.6 is 0 Å². The zero-order valence-electron chi connectivity index (χ0n) is 13.4. The van der Waals surface area contributed by atoms with Crippen molar-refractivity contribution in [2.75, 3.05) is 18.4 Å². The summed E-state index contributed by atoms with van der Waals surface area (Å²) in [6.07, 6.45) is 2.22. The third-order valence-electron chi connectivity index (χ3n) is 5.32. The van der Waals surface area contributed by atoms with Gasteiger partial charge in [-0.15, -0.1) is 0 Å². The molecule has 4 rings (SSSR count). The molecular weight excluding hydrogens is 318 g/mol. The second kappa shape index (κ2) is 5.98. The first kappa shape index (κ1) is 15.8. The van der Waals surface area contributed by atoms with Gasteiger partial charge in [0.25, 0.3) is 12.3 Å². The zero-order chi connectivity index (χ0) is 16.8. The molecule has 0 unspecified atom stereocenters. The molecule has 0 bridgehead atoms. The molecule has 2 aliphatic heterocycles. The molecule has 3 heterocycles. The molecule has 2 fully saturated rings. The van der Waals surface area contributed by atoms with E-state index < -0.39 is 18.6 Å². The first-order valence-electron chi connectivity index (χ1n) is 8.64. The van der Waals surface area contributed by atoms with Crippen molar-refractivity contribution in [3.05, 3.63) is 11.8 Å². The van der Waals surface area contributed by atoms with Gasteiger partial charge in [0.15, 0.2) is 0 Å². The Hall–Kier alpha value is -1.70. The summed E-state index contributed by atoms with van der Waals surface area (Å²) in [6.45, 7) is 0.860. The number of aromatic nitrogens is 2. The van der Waals surface area contributed by atoms with E-state index in [4.69, 9.17) is 0 Å². The van der Waals surface area contributed by atoms with Crippen LogP contribution in [0.1, 0.15) is 48.5 Å². The summed E-state index contributed by atoms with van der Waals surface area (Å²) in [7, 11) is 0. The first-order valence-corrected chi connectivity index (χ1v) is 8.64. The average molecular weight is 340 g/mol. The highest BCUT2D eigenvalue weighted by Gasteiger charge is 2.42. The first-order chi connectivity index (χ1) is 11.5. The molecular formula is C16H22F2N4O2. The summed E-state index contributed by atoms with van der Waals surface area (Å²) in [4.78, 5) is 14.4. The minimum atomic E-state index is -2.51. The lowest BCUT2D eigenvalue weighted by Crippen LogP contribution is -2.43. The van der Waals surface area contributed by atoms with Crippen molar-refractivity contribution < 1.29 is 18.7 Å². The summed E-state index contributed by atoms with van der Waals surface area (Å²) in [5, 5.41) is 17.1. The summed E-state index contributed by atoms with van der Waals surface area (Å²) < 4.78 is 28.2. The van der Waals surface area contributed by atoms with Gasteiger partial charge in [0.1, 0.15) is 17.4 Å². The summed E-state index contributed by atoms with van der Waals surface area (Å²) in [5.41, 5.74) is 0.333. The van der Waals surface area contributed by atoms with E-state index in [0.29, 0.717) is 36.7 Å². The lowest BCUT2D eigenvalue weighted by atomic mass is 10.00. The van der Waals surface area contributed by atoms with E-state index in [0.717, 1.165) is 19.3 Å². The molecule has 1 aromatic rings. The SMILES string of the molecule is O=C(c1cnn2c1N[C@@H](C1CC1)C[C@H]2C(F)F)N1CCC[C@@H](O)C1. The Kier molecular flexibility index (Phi) is 3.94. The van der Waals surface area contributed by atoms with Crippen LogP contribution in [0.2, 0.25) is 0 Å². The number of hydrogen-bond donors (Lipinski definition) is 2. The van der Waals surface area contributed by atoms with Gasteiger partial charge in [0.05, 0.1) is 12.3 Å². The predicted molar refractivity (Wildman–Crippen MR) is 83.2 cm³/mol. The van der Waals surface area contributed by atoms with Crippen LogP contribution in [0.25, 0.3) is 0 Å².